The highest BCUT2D eigenvalue weighted by Crippen LogP contribution is 2.29. The molecular formula is C13H9ClFN3O3S2. The summed E-state index contributed by atoms with van der Waals surface area (Å²) >= 11 is 6.65. The highest BCUT2D eigenvalue weighted by atomic mass is 35.5. The van der Waals surface area contributed by atoms with Gasteiger partial charge in [-0.25, -0.2) is 12.8 Å². The molecule has 120 valence electrons. The van der Waals surface area contributed by atoms with Crippen LogP contribution in [0.3, 0.4) is 0 Å². The first kappa shape index (κ1) is 15.9. The number of rotatable bonds is 4. The molecule has 10 heteroatoms. The number of aromatic nitrogens is 2. The number of hydrogen-bond acceptors (Lipinski definition) is 6. The van der Waals surface area contributed by atoms with E-state index >= 15 is 0 Å². The molecule has 1 aromatic carbocycles. The molecule has 0 unspecified atom stereocenters. The lowest BCUT2D eigenvalue weighted by atomic mass is 10.3. The average molecular weight is 374 g/mol. The number of nitrogens with zero attached hydrogens (tertiary/aromatic N) is 2. The summed E-state index contributed by atoms with van der Waals surface area (Å²) in [5, 5.41) is 5.17. The van der Waals surface area contributed by atoms with Gasteiger partial charge in [-0.15, -0.1) is 11.3 Å². The van der Waals surface area contributed by atoms with Gasteiger partial charge < -0.3 is 4.52 Å². The molecule has 0 bridgehead atoms. The van der Waals surface area contributed by atoms with Crippen LogP contribution in [0.5, 0.6) is 0 Å². The Hall–Kier alpha value is -1.97. The van der Waals surface area contributed by atoms with E-state index in [1.165, 1.54) is 18.2 Å². The number of aryl methyl sites for hydroxylation is 1. The summed E-state index contributed by atoms with van der Waals surface area (Å²) in [6, 6.07) is 5.01. The molecule has 3 rings (SSSR count). The molecule has 0 spiro atoms. The van der Waals surface area contributed by atoms with Crippen molar-refractivity contribution in [3.8, 4) is 11.4 Å². The molecule has 0 fully saturated rings. The Morgan fingerprint density at radius 1 is 1.35 bits per heavy atom. The van der Waals surface area contributed by atoms with Crippen molar-refractivity contribution in [3.05, 3.63) is 46.4 Å². The van der Waals surface area contributed by atoms with Crippen molar-refractivity contribution in [2.45, 2.75) is 11.1 Å². The first-order chi connectivity index (χ1) is 10.8. The third kappa shape index (κ3) is 3.36. The minimum Gasteiger partial charge on any atom is -0.339 e. The largest absolute Gasteiger partial charge is 0.339 e. The Morgan fingerprint density at radius 2 is 2.13 bits per heavy atom. The molecule has 3 aromatic rings. The number of sulfonamides is 1. The predicted molar refractivity (Wildman–Crippen MR) is 84.6 cm³/mol. The van der Waals surface area contributed by atoms with Crippen molar-refractivity contribution in [2.75, 3.05) is 4.72 Å². The fourth-order valence-electron chi connectivity index (χ4n) is 1.76. The highest BCUT2D eigenvalue weighted by molar-refractivity contribution is 7.94. The van der Waals surface area contributed by atoms with E-state index in [9.17, 15) is 12.8 Å². The molecule has 6 nitrogen and oxygen atoms in total. The van der Waals surface area contributed by atoms with Crippen LogP contribution in [0.25, 0.3) is 11.4 Å². The molecule has 2 heterocycles. The minimum atomic E-state index is -3.82. The molecule has 0 aliphatic carbocycles. The van der Waals surface area contributed by atoms with Gasteiger partial charge in [-0.3, -0.25) is 4.72 Å². The van der Waals surface area contributed by atoms with Gasteiger partial charge in [-0.1, -0.05) is 16.8 Å². The van der Waals surface area contributed by atoms with E-state index in [2.05, 4.69) is 14.9 Å². The lowest BCUT2D eigenvalue weighted by molar-refractivity contribution is 0.394. The van der Waals surface area contributed by atoms with Gasteiger partial charge in [-0.05, 0) is 24.3 Å². The van der Waals surface area contributed by atoms with Crippen LogP contribution < -0.4 is 4.72 Å². The maximum absolute atomic E-state index is 13.1. The highest BCUT2D eigenvalue weighted by Gasteiger charge is 2.19. The lowest BCUT2D eigenvalue weighted by Crippen LogP contribution is -2.11. The quantitative estimate of drug-likeness (QED) is 0.753. The smallest absolute Gasteiger partial charge is 0.271 e. The van der Waals surface area contributed by atoms with Crippen LogP contribution in [0.4, 0.5) is 10.1 Å². The molecular weight excluding hydrogens is 365 g/mol. The third-order valence-corrected chi connectivity index (χ3v) is 5.91. The van der Waals surface area contributed by atoms with E-state index < -0.39 is 15.8 Å². The number of thiophene rings is 1. The van der Waals surface area contributed by atoms with Gasteiger partial charge in [0.25, 0.3) is 10.0 Å². The van der Waals surface area contributed by atoms with Crippen LogP contribution in [0.1, 0.15) is 5.89 Å². The molecule has 0 saturated carbocycles. The molecule has 0 saturated heterocycles. The second-order valence-electron chi connectivity index (χ2n) is 4.53. The fraction of sp³-hybridized carbons (Fsp3) is 0.0769. The molecule has 0 radical (unpaired) electrons. The van der Waals surface area contributed by atoms with Crippen molar-refractivity contribution in [1.29, 1.82) is 0 Å². The van der Waals surface area contributed by atoms with Crippen molar-refractivity contribution in [1.82, 2.24) is 10.1 Å². The zero-order chi connectivity index (χ0) is 16.6. The Kier molecular flexibility index (Phi) is 4.09. The van der Waals surface area contributed by atoms with Crippen molar-refractivity contribution >= 4 is 38.6 Å². The minimum absolute atomic E-state index is 0.0652. The van der Waals surface area contributed by atoms with Gasteiger partial charge in [0.05, 0.1) is 10.7 Å². The molecule has 2 aromatic heterocycles. The Balaban J connectivity index is 1.88. The third-order valence-electron chi connectivity index (χ3n) is 2.80. The molecule has 0 amide bonds. The summed E-state index contributed by atoms with van der Waals surface area (Å²) < 4.78 is 45.1. The Bertz CT molecular complexity index is 969. The monoisotopic (exact) mass is 373 g/mol. The number of nitrogens with one attached hydrogen (secondary N) is 1. The number of anilines is 1. The van der Waals surface area contributed by atoms with E-state index in [1.54, 1.807) is 12.3 Å². The first-order valence-corrected chi connectivity index (χ1v) is 8.96. The summed E-state index contributed by atoms with van der Waals surface area (Å²) in [7, 11) is -3.82. The van der Waals surface area contributed by atoms with E-state index in [1.807, 2.05) is 0 Å². The first-order valence-electron chi connectivity index (χ1n) is 6.22. The van der Waals surface area contributed by atoms with Crippen LogP contribution in [0.2, 0.25) is 5.02 Å². The Morgan fingerprint density at radius 3 is 2.78 bits per heavy atom. The summed E-state index contributed by atoms with van der Waals surface area (Å²) in [6.07, 6.45) is 0. The SMILES string of the molecule is Cc1nc(-c2csc(S(=O)(=O)Nc3ccc(F)c(Cl)c3)c2)no1. The van der Waals surface area contributed by atoms with Gasteiger partial charge in [0.15, 0.2) is 0 Å². The zero-order valence-electron chi connectivity index (χ0n) is 11.6. The van der Waals surface area contributed by atoms with Gasteiger partial charge in [0.1, 0.15) is 10.0 Å². The van der Waals surface area contributed by atoms with E-state index in [0.717, 1.165) is 17.4 Å². The maximum Gasteiger partial charge on any atom is 0.271 e. The average Bonchev–Trinajstić information content (AvgIpc) is 3.11. The Labute approximate surface area is 140 Å². The number of benzene rings is 1. The lowest BCUT2D eigenvalue weighted by Gasteiger charge is -2.06. The van der Waals surface area contributed by atoms with Crippen LogP contribution in [0, 0.1) is 12.7 Å². The molecule has 0 aliphatic heterocycles. The van der Waals surface area contributed by atoms with Gasteiger partial charge in [0.2, 0.25) is 11.7 Å². The van der Waals surface area contributed by atoms with Crippen LogP contribution in [-0.2, 0) is 10.0 Å². The second-order valence-corrected chi connectivity index (χ2v) is 7.75. The maximum atomic E-state index is 13.1. The van der Waals surface area contributed by atoms with E-state index in [4.69, 9.17) is 16.1 Å². The van der Waals surface area contributed by atoms with Gasteiger partial charge >= 0.3 is 0 Å². The van der Waals surface area contributed by atoms with E-state index in [0.29, 0.717) is 17.3 Å². The summed E-state index contributed by atoms with van der Waals surface area (Å²) in [5.41, 5.74) is 0.700. The van der Waals surface area contributed by atoms with Crippen LogP contribution in [0.15, 0.2) is 38.4 Å². The van der Waals surface area contributed by atoms with E-state index in [-0.39, 0.29) is 14.9 Å². The number of halogens is 2. The van der Waals surface area contributed by atoms with Crippen molar-refractivity contribution < 1.29 is 17.3 Å². The van der Waals surface area contributed by atoms with Gasteiger partial charge in [0, 0.05) is 17.9 Å². The molecule has 0 atom stereocenters. The summed E-state index contributed by atoms with van der Waals surface area (Å²) in [6.45, 7) is 1.64. The van der Waals surface area contributed by atoms with Crippen LogP contribution in [-0.4, -0.2) is 18.6 Å². The molecule has 23 heavy (non-hydrogen) atoms. The number of hydrogen-bond donors (Lipinski definition) is 1. The van der Waals surface area contributed by atoms with Gasteiger partial charge in [-0.2, -0.15) is 4.98 Å². The summed E-state index contributed by atoms with van der Waals surface area (Å²) in [5.74, 6) is 0.0696. The fourth-order valence-corrected chi connectivity index (χ4v) is 4.14. The second kappa shape index (κ2) is 5.91. The van der Waals surface area contributed by atoms with Crippen molar-refractivity contribution in [3.63, 3.8) is 0 Å². The standard InChI is InChI=1S/C13H9ClFN3O3S2/c1-7-16-13(17-21-7)8-4-12(22-6-8)23(19,20)18-9-2-3-11(15)10(14)5-9/h2-6,18H,1H3. The molecule has 1 N–H and O–H groups in total. The topological polar surface area (TPSA) is 85.1 Å². The van der Waals surface area contributed by atoms with Crippen LogP contribution >= 0.6 is 22.9 Å². The normalized spacial score (nSPS) is 11.6. The molecule has 0 aliphatic rings. The zero-order valence-corrected chi connectivity index (χ0v) is 14.0. The summed E-state index contributed by atoms with van der Waals surface area (Å²) in [4.78, 5) is 4.04. The predicted octanol–water partition coefficient (Wildman–Crippen LogP) is 3.70. The van der Waals surface area contributed by atoms with Crippen molar-refractivity contribution in [2.24, 2.45) is 0 Å².